The fourth-order valence-electron chi connectivity index (χ4n) is 1.41. The molecule has 0 radical (unpaired) electrons. The van der Waals surface area contributed by atoms with Gasteiger partial charge in [0.1, 0.15) is 0 Å². The second-order valence-electron chi connectivity index (χ2n) is 2.84. The fraction of sp³-hybridized carbons (Fsp3) is 0.222. The van der Waals surface area contributed by atoms with Gasteiger partial charge >= 0.3 is 0 Å². The van der Waals surface area contributed by atoms with Crippen molar-refractivity contribution < 1.29 is 0 Å². The van der Waals surface area contributed by atoms with Crippen molar-refractivity contribution >= 4 is 56.4 Å². The molecule has 2 aromatic heterocycles. The molecule has 68 valence electrons. The lowest BCUT2D eigenvalue weighted by atomic mass is 10.2. The van der Waals surface area contributed by atoms with Gasteiger partial charge in [0.25, 0.3) is 0 Å². The number of halogens is 2. The van der Waals surface area contributed by atoms with Gasteiger partial charge in [-0.15, -0.1) is 0 Å². The van der Waals surface area contributed by atoms with Crippen molar-refractivity contribution in [3.05, 3.63) is 27.7 Å². The van der Waals surface area contributed by atoms with Crippen LogP contribution in [0.4, 0.5) is 0 Å². The van der Waals surface area contributed by atoms with Crippen LogP contribution in [0.1, 0.15) is 12.5 Å². The summed E-state index contributed by atoms with van der Waals surface area (Å²) in [6.45, 7) is 2.16. The molecule has 13 heavy (non-hydrogen) atoms. The van der Waals surface area contributed by atoms with Crippen LogP contribution in [0.5, 0.6) is 0 Å². The summed E-state index contributed by atoms with van der Waals surface area (Å²) in [7, 11) is 0. The molecule has 4 heteroatoms. The summed E-state index contributed by atoms with van der Waals surface area (Å²) in [5.74, 6) is 0. The average molecular weight is 398 g/mol. The SMILES string of the molecule is CCc1cncc2cc(I)n(I)c12. The topological polar surface area (TPSA) is 17.8 Å². The van der Waals surface area contributed by atoms with E-state index < -0.39 is 0 Å². The number of rotatable bonds is 1. The number of hydrogen-bond acceptors (Lipinski definition) is 1. The normalized spacial score (nSPS) is 11.0. The highest BCUT2D eigenvalue weighted by Gasteiger charge is 2.07. The Morgan fingerprint density at radius 1 is 1.46 bits per heavy atom. The molecular formula is C9H8I2N2. The van der Waals surface area contributed by atoms with Crippen LogP contribution in [0.2, 0.25) is 0 Å². The number of aromatic nitrogens is 2. The van der Waals surface area contributed by atoms with Crippen LogP contribution in [-0.2, 0) is 6.42 Å². The predicted octanol–water partition coefficient (Wildman–Crippen LogP) is 3.40. The monoisotopic (exact) mass is 398 g/mol. The van der Waals surface area contributed by atoms with Crippen LogP contribution in [0.15, 0.2) is 18.5 Å². The Kier molecular flexibility index (Phi) is 2.77. The van der Waals surface area contributed by atoms with Gasteiger partial charge in [0, 0.05) is 17.8 Å². The third-order valence-corrected chi connectivity index (χ3v) is 4.78. The third kappa shape index (κ3) is 1.58. The molecule has 0 aromatic carbocycles. The first-order valence-electron chi connectivity index (χ1n) is 4.04. The Bertz CT molecular complexity index is 448. The highest BCUT2D eigenvalue weighted by Crippen LogP contribution is 2.25. The van der Waals surface area contributed by atoms with Crippen molar-refractivity contribution in [2.75, 3.05) is 0 Å². The molecule has 2 aromatic rings. The molecule has 0 atom stereocenters. The van der Waals surface area contributed by atoms with Crippen molar-refractivity contribution in [3.8, 4) is 0 Å². The van der Waals surface area contributed by atoms with Crippen LogP contribution in [0, 0.1) is 3.70 Å². The Labute approximate surface area is 104 Å². The van der Waals surface area contributed by atoms with Gasteiger partial charge in [-0.2, -0.15) is 0 Å². The van der Waals surface area contributed by atoms with Gasteiger partial charge in [-0.3, -0.25) is 7.76 Å². The van der Waals surface area contributed by atoms with Gasteiger partial charge in [0.05, 0.1) is 32.1 Å². The maximum Gasteiger partial charge on any atom is 0.0902 e. The van der Waals surface area contributed by atoms with E-state index in [-0.39, 0.29) is 0 Å². The molecule has 0 aliphatic carbocycles. The predicted molar refractivity (Wildman–Crippen MR) is 71.2 cm³/mol. The molecule has 2 rings (SSSR count). The quantitative estimate of drug-likeness (QED) is 0.674. The summed E-state index contributed by atoms with van der Waals surface area (Å²) >= 11 is 4.67. The maximum absolute atomic E-state index is 4.22. The third-order valence-electron chi connectivity index (χ3n) is 2.06. The number of aryl methyl sites for hydroxylation is 1. The van der Waals surface area contributed by atoms with Crippen LogP contribution in [0.3, 0.4) is 0 Å². The first kappa shape index (κ1) is 9.70. The Balaban J connectivity index is 2.87. The minimum atomic E-state index is 1.04. The zero-order valence-corrected chi connectivity index (χ0v) is 11.4. The molecule has 0 saturated carbocycles. The lowest BCUT2D eigenvalue weighted by Gasteiger charge is -2.00. The first-order valence-corrected chi connectivity index (χ1v) is 6.08. The standard InChI is InChI=1S/C9H8I2N2/c1-2-6-4-12-5-7-3-8(10)13(11)9(6)7/h3-5H,2H2,1H3. The van der Waals surface area contributed by atoms with Gasteiger partial charge in [0.15, 0.2) is 0 Å². The molecule has 0 aliphatic rings. The van der Waals surface area contributed by atoms with Crippen molar-refractivity contribution in [3.63, 3.8) is 0 Å². The van der Waals surface area contributed by atoms with Crippen molar-refractivity contribution in [1.82, 2.24) is 7.76 Å². The zero-order valence-electron chi connectivity index (χ0n) is 7.09. The van der Waals surface area contributed by atoms with E-state index in [1.807, 2.05) is 12.4 Å². The fourth-order valence-corrected chi connectivity index (χ4v) is 2.72. The zero-order chi connectivity index (χ0) is 9.42. The average Bonchev–Trinajstić information content (AvgIpc) is 2.43. The molecule has 2 heterocycles. The van der Waals surface area contributed by atoms with Crippen LogP contribution in [-0.4, -0.2) is 7.76 Å². The summed E-state index contributed by atoms with van der Waals surface area (Å²) in [4.78, 5) is 4.22. The highest BCUT2D eigenvalue weighted by molar-refractivity contribution is 14.1. The van der Waals surface area contributed by atoms with Crippen LogP contribution < -0.4 is 0 Å². The molecular weight excluding hydrogens is 390 g/mol. The van der Waals surface area contributed by atoms with Crippen LogP contribution in [0.25, 0.3) is 10.9 Å². The van der Waals surface area contributed by atoms with E-state index in [1.54, 1.807) is 0 Å². The molecule has 0 saturated heterocycles. The van der Waals surface area contributed by atoms with Gasteiger partial charge < -0.3 is 0 Å². The summed E-state index contributed by atoms with van der Waals surface area (Å²) in [5, 5.41) is 1.23. The molecule has 0 amide bonds. The summed E-state index contributed by atoms with van der Waals surface area (Å²) < 4.78 is 3.43. The lowest BCUT2D eigenvalue weighted by Crippen LogP contribution is -1.88. The van der Waals surface area contributed by atoms with E-state index in [2.05, 4.69) is 66.2 Å². The molecule has 2 nitrogen and oxygen atoms in total. The Morgan fingerprint density at radius 3 is 2.92 bits per heavy atom. The van der Waals surface area contributed by atoms with Gasteiger partial charge in [-0.1, -0.05) is 6.92 Å². The van der Waals surface area contributed by atoms with Crippen molar-refractivity contribution in [2.45, 2.75) is 13.3 Å². The second kappa shape index (κ2) is 3.72. The van der Waals surface area contributed by atoms with Gasteiger partial charge in [0.2, 0.25) is 0 Å². The van der Waals surface area contributed by atoms with E-state index in [4.69, 9.17) is 0 Å². The highest BCUT2D eigenvalue weighted by atomic mass is 127. The summed E-state index contributed by atoms with van der Waals surface area (Å²) in [5.41, 5.74) is 2.62. The number of pyridine rings is 1. The van der Waals surface area contributed by atoms with E-state index in [1.165, 1.54) is 20.2 Å². The molecule has 0 unspecified atom stereocenters. The molecule has 0 spiro atoms. The number of hydrogen-bond donors (Lipinski definition) is 0. The molecule has 0 bridgehead atoms. The smallest absolute Gasteiger partial charge is 0.0902 e. The second-order valence-corrected chi connectivity index (χ2v) is 4.91. The first-order chi connectivity index (χ1) is 6.24. The molecule has 0 fully saturated rings. The summed E-state index contributed by atoms with van der Waals surface area (Å²) in [6, 6.07) is 2.16. The van der Waals surface area contributed by atoms with E-state index in [9.17, 15) is 0 Å². The minimum Gasteiger partial charge on any atom is -0.276 e. The number of nitrogens with zero attached hydrogens (tertiary/aromatic N) is 2. The largest absolute Gasteiger partial charge is 0.276 e. The minimum absolute atomic E-state index is 1.04. The van der Waals surface area contributed by atoms with Gasteiger partial charge in [-0.25, -0.2) is 0 Å². The molecule has 0 N–H and O–H groups in total. The maximum atomic E-state index is 4.22. The molecule has 0 aliphatic heterocycles. The Hall–Kier alpha value is 0.150. The summed E-state index contributed by atoms with van der Waals surface area (Å²) in [6.07, 6.45) is 4.91. The van der Waals surface area contributed by atoms with E-state index >= 15 is 0 Å². The lowest BCUT2D eigenvalue weighted by molar-refractivity contribution is 1.11. The van der Waals surface area contributed by atoms with Crippen molar-refractivity contribution in [1.29, 1.82) is 0 Å². The van der Waals surface area contributed by atoms with Crippen molar-refractivity contribution in [2.24, 2.45) is 0 Å². The number of fused-ring (bicyclic) bond motifs is 1. The van der Waals surface area contributed by atoms with Gasteiger partial charge in [-0.05, 0) is 40.6 Å². The van der Waals surface area contributed by atoms with Crippen LogP contribution >= 0.6 is 45.5 Å². The van der Waals surface area contributed by atoms with E-state index in [0.29, 0.717) is 0 Å². The van der Waals surface area contributed by atoms with E-state index in [0.717, 1.165) is 6.42 Å². The Morgan fingerprint density at radius 2 is 2.23 bits per heavy atom.